The normalized spacial score (nSPS) is 10.9. The number of allylic oxidation sites excluding steroid dienone is 1. The van der Waals surface area contributed by atoms with Gasteiger partial charge in [0.05, 0.1) is 21.1 Å². The van der Waals surface area contributed by atoms with Gasteiger partial charge >= 0.3 is 0 Å². The Morgan fingerprint density at radius 1 is 1.08 bits per heavy atom. The summed E-state index contributed by atoms with van der Waals surface area (Å²) in [5, 5.41) is 4.67. The molecule has 2 aromatic carbocycles. The summed E-state index contributed by atoms with van der Waals surface area (Å²) < 4.78 is 0. The summed E-state index contributed by atoms with van der Waals surface area (Å²) in [7, 11) is 0. The smallest absolute Gasteiger partial charge is 0.197 e. The number of halogens is 2. The molecule has 0 atom stereocenters. The third-order valence-corrected chi connectivity index (χ3v) is 4.81. The van der Waals surface area contributed by atoms with Crippen LogP contribution in [0.3, 0.4) is 0 Å². The molecule has 0 saturated carbocycles. The monoisotopic (exact) mass is 374 g/mol. The average molecular weight is 375 g/mol. The zero-order valence-corrected chi connectivity index (χ0v) is 14.7. The van der Waals surface area contributed by atoms with Crippen LogP contribution in [0.25, 0.3) is 6.08 Å². The maximum absolute atomic E-state index is 12.2. The number of carbonyl (C=O) groups is 1. The molecule has 3 aromatic rings. The number of carbonyl (C=O) groups excluding carboxylic acids is 1. The molecule has 0 bridgehead atoms. The number of hydrogen-bond donors (Lipinski definition) is 1. The summed E-state index contributed by atoms with van der Waals surface area (Å²) in [5.41, 5.74) is 1.74. The van der Waals surface area contributed by atoms with Gasteiger partial charge < -0.3 is 5.32 Å². The number of ketones is 1. The van der Waals surface area contributed by atoms with Crippen LogP contribution in [-0.4, -0.2) is 10.8 Å². The molecule has 0 aliphatic rings. The van der Waals surface area contributed by atoms with E-state index in [2.05, 4.69) is 10.3 Å². The zero-order chi connectivity index (χ0) is 16.9. The van der Waals surface area contributed by atoms with Crippen molar-refractivity contribution >= 4 is 57.2 Å². The molecule has 0 unspecified atom stereocenters. The molecule has 3 nitrogen and oxygen atoms in total. The van der Waals surface area contributed by atoms with Crippen LogP contribution >= 0.6 is 34.5 Å². The molecular weight excluding hydrogens is 363 g/mol. The van der Waals surface area contributed by atoms with Crippen molar-refractivity contribution in [2.45, 2.75) is 0 Å². The number of hydrogen-bond acceptors (Lipinski definition) is 4. The quantitative estimate of drug-likeness (QED) is 0.433. The van der Waals surface area contributed by atoms with Crippen LogP contribution in [0.2, 0.25) is 10.0 Å². The van der Waals surface area contributed by atoms with E-state index in [4.69, 9.17) is 23.2 Å². The van der Waals surface area contributed by atoms with E-state index in [9.17, 15) is 4.79 Å². The van der Waals surface area contributed by atoms with E-state index in [0.717, 1.165) is 11.3 Å². The van der Waals surface area contributed by atoms with E-state index >= 15 is 0 Å². The van der Waals surface area contributed by atoms with Gasteiger partial charge in [-0.25, -0.2) is 4.98 Å². The van der Waals surface area contributed by atoms with E-state index in [0.29, 0.717) is 20.1 Å². The van der Waals surface area contributed by atoms with Crippen molar-refractivity contribution in [1.82, 2.24) is 4.98 Å². The Kier molecular flexibility index (Phi) is 5.30. The number of thiazole rings is 1. The third-order valence-electron chi connectivity index (χ3n) is 3.15. The highest BCUT2D eigenvalue weighted by atomic mass is 35.5. The van der Waals surface area contributed by atoms with Gasteiger partial charge in [0.25, 0.3) is 0 Å². The van der Waals surface area contributed by atoms with E-state index in [1.165, 1.54) is 11.3 Å². The van der Waals surface area contributed by atoms with Gasteiger partial charge in [-0.1, -0.05) is 70.9 Å². The minimum absolute atomic E-state index is 0.0847. The van der Waals surface area contributed by atoms with Crippen molar-refractivity contribution in [3.05, 3.63) is 81.3 Å². The number of nitrogens with one attached hydrogen (secondary N) is 1. The summed E-state index contributed by atoms with van der Waals surface area (Å²) in [6, 6.07) is 14.9. The predicted octanol–water partition coefficient (Wildman–Crippen LogP) is 6.09. The Balaban J connectivity index is 1.69. The molecule has 0 spiro atoms. The second-order valence-corrected chi connectivity index (χ2v) is 6.74. The molecule has 0 saturated heterocycles. The topological polar surface area (TPSA) is 42.0 Å². The van der Waals surface area contributed by atoms with Gasteiger partial charge in [-0.15, -0.1) is 0 Å². The molecule has 0 aliphatic carbocycles. The fourth-order valence-electron chi connectivity index (χ4n) is 1.96. The molecular formula is C18H12Cl2N2OS. The number of anilines is 2. The number of benzene rings is 2. The molecule has 3 rings (SSSR count). The summed E-state index contributed by atoms with van der Waals surface area (Å²) >= 11 is 13.2. The van der Waals surface area contributed by atoms with Crippen molar-refractivity contribution in [3.8, 4) is 0 Å². The van der Waals surface area contributed by atoms with E-state index in [1.807, 2.05) is 30.3 Å². The van der Waals surface area contributed by atoms with E-state index < -0.39 is 0 Å². The molecule has 1 aromatic heterocycles. The molecule has 1 heterocycles. The van der Waals surface area contributed by atoms with Crippen LogP contribution in [0.15, 0.2) is 60.8 Å². The van der Waals surface area contributed by atoms with Gasteiger partial charge in [0.15, 0.2) is 10.9 Å². The SMILES string of the molecule is O=C(/C=C/c1ccccc1)c1cnc(Nc2ccc(Cl)c(Cl)c2)s1. The summed E-state index contributed by atoms with van der Waals surface area (Å²) in [4.78, 5) is 17.0. The van der Waals surface area contributed by atoms with Crippen LogP contribution in [0.1, 0.15) is 15.2 Å². The lowest BCUT2D eigenvalue weighted by Gasteiger charge is -2.03. The second-order valence-electron chi connectivity index (χ2n) is 4.89. The lowest BCUT2D eigenvalue weighted by atomic mass is 10.2. The first kappa shape index (κ1) is 16.7. The minimum Gasteiger partial charge on any atom is -0.331 e. The Labute approximate surface area is 153 Å². The number of aromatic nitrogens is 1. The molecule has 1 N–H and O–H groups in total. The molecule has 120 valence electrons. The van der Waals surface area contributed by atoms with Crippen LogP contribution < -0.4 is 5.32 Å². The molecule has 0 amide bonds. The van der Waals surface area contributed by atoms with Crippen molar-refractivity contribution < 1.29 is 4.79 Å². The summed E-state index contributed by atoms with van der Waals surface area (Å²) in [6.45, 7) is 0. The maximum atomic E-state index is 12.2. The van der Waals surface area contributed by atoms with Crippen molar-refractivity contribution in [2.24, 2.45) is 0 Å². The van der Waals surface area contributed by atoms with Crippen molar-refractivity contribution in [2.75, 3.05) is 5.32 Å². The largest absolute Gasteiger partial charge is 0.331 e. The van der Waals surface area contributed by atoms with Gasteiger partial charge in [-0.3, -0.25) is 4.79 Å². The first-order valence-electron chi connectivity index (χ1n) is 7.07. The molecule has 24 heavy (non-hydrogen) atoms. The van der Waals surface area contributed by atoms with E-state index in [-0.39, 0.29) is 5.78 Å². The fourth-order valence-corrected chi connectivity index (χ4v) is 3.02. The van der Waals surface area contributed by atoms with Crippen LogP contribution in [0.5, 0.6) is 0 Å². The molecule has 0 aliphatic heterocycles. The van der Waals surface area contributed by atoms with E-state index in [1.54, 1.807) is 36.5 Å². The second kappa shape index (κ2) is 7.62. The van der Waals surface area contributed by atoms with Gasteiger partial charge in [0.2, 0.25) is 0 Å². The number of nitrogens with zero attached hydrogens (tertiary/aromatic N) is 1. The van der Waals surface area contributed by atoms with Crippen molar-refractivity contribution in [3.63, 3.8) is 0 Å². The Morgan fingerprint density at radius 3 is 2.62 bits per heavy atom. The molecule has 0 fully saturated rings. The lowest BCUT2D eigenvalue weighted by Crippen LogP contribution is -1.89. The van der Waals surface area contributed by atoms with Gasteiger partial charge in [-0.05, 0) is 29.8 Å². The zero-order valence-electron chi connectivity index (χ0n) is 12.4. The predicted molar refractivity (Wildman–Crippen MR) is 102 cm³/mol. The Hall–Kier alpha value is -2.14. The first-order valence-corrected chi connectivity index (χ1v) is 8.64. The fraction of sp³-hybridized carbons (Fsp3) is 0. The maximum Gasteiger partial charge on any atom is 0.197 e. The average Bonchev–Trinajstić information content (AvgIpc) is 3.05. The summed E-state index contributed by atoms with van der Waals surface area (Å²) in [5.74, 6) is -0.0847. The number of rotatable bonds is 5. The highest BCUT2D eigenvalue weighted by Gasteiger charge is 2.09. The minimum atomic E-state index is -0.0847. The van der Waals surface area contributed by atoms with Crippen LogP contribution in [0.4, 0.5) is 10.8 Å². The first-order chi connectivity index (χ1) is 11.6. The standard InChI is InChI=1S/C18H12Cl2N2OS/c19-14-8-7-13(10-15(14)20)22-18-21-11-17(24-18)16(23)9-6-12-4-2-1-3-5-12/h1-11H,(H,21,22)/b9-6+. The van der Waals surface area contributed by atoms with Gasteiger partial charge in [-0.2, -0.15) is 0 Å². The summed E-state index contributed by atoms with van der Waals surface area (Å²) in [6.07, 6.45) is 4.89. The highest BCUT2D eigenvalue weighted by Crippen LogP contribution is 2.28. The highest BCUT2D eigenvalue weighted by molar-refractivity contribution is 7.17. The Morgan fingerprint density at radius 2 is 1.88 bits per heavy atom. The third kappa shape index (κ3) is 4.23. The van der Waals surface area contributed by atoms with Crippen LogP contribution in [-0.2, 0) is 0 Å². The molecule has 0 radical (unpaired) electrons. The van der Waals surface area contributed by atoms with Gasteiger partial charge in [0, 0.05) is 5.69 Å². The van der Waals surface area contributed by atoms with Crippen molar-refractivity contribution in [1.29, 1.82) is 0 Å². The molecule has 6 heteroatoms. The van der Waals surface area contributed by atoms with Crippen LogP contribution in [0, 0.1) is 0 Å². The Bertz CT molecular complexity index is 891. The lowest BCUT2D eigenvalue weighted by molar-refractivity contribution is 0.105. The van der Waals surface area contributed by atoms with Gasteiger partial charge in [0.1, 0.15) is 0 Å².